The summed E-state index contributed by atoms with van der Waals surface area (Å²) in [4.78, 5) is 14.7. The quantitative estimate of drug-likeness (QED) is 0.802. The van der Waals surface area contributed by atoms with Gasteiger partial charge in [-0.05, 0) is 30.7 Å². The molecule has 0 N–H and O–H groups in total. The third-order valence-electron chi connectivity index (χ3n) is 4.58. The second kappa shape index (κ2) is 7.37. The van der Waals surface area contributed by atoms with Gasteiger partial charge >= 0.3 is 0 Å². The summed E-state index contributed by atoms with van der Waals surface area (Å²) in [7, 11) is -0.437. The first-order valence-corrected chi connectivity index (χ1v) is 9.82. The van der Waals surface area contributed by atoms with Crippen LogP contribution in [0.4, 0.5) is 0 Å². The molecule has 1 aliphatic heterocycles. The number of ether oxygens (including phenoxy) is 2. The molecular weight excluding hydrogens is 354 g/mol. The van der Waals surface area contributed by atoms with Crippen molar-refractivity contribution in [3.8, 4) is 11.5 Å². The van der Waals surface area contributed by atoms with Gasteiger partial charge in [-0.2, -0.15) is 0 Å². The largest absolute Gasteiger partial charge is 0.497 e. The van der Waals surface area contributed by atoms with Gasteiger partial charge in [0.1, 0.15) is 11.5 Å². The van der Waals surface area contributed by atoms with Gasteiger partial charge in [-0.15, -0.1) is 0 Å². The number of benzene rings is 2. The number of methoxy groups -OCH3 is 2. The van der Waals surface area contributed by atoms with Crippen LogP contribution in [0, 0.1) is 0 Å². The molecule has 0 aromatic heterocycles. The third-order valence-corrected chi connectivity index (χ3v) is 6.77. The SMILES string of the molecule is COc1ccc(C(=O)N2CCC(S(=O)(=O)c3ccccc3)C2)c(OC)c1. The van der Waals surface area contributed by atoms with Gasteiger partial charge in [0.2, 0.25) is 0 Å². The Labute approximate surface area is 153 Å². The number of amides is 1. The minimum atomic E-state index is -3.46. The summed E-state index contributed by atoms with van der Waals surface area (Å²) in [5.41, 5.74) is 0.394. The van der Waals surface area contributed by atoms with Crippen LogP contribution in [0.1, 0.15) is 16.8 Å². The Morgan fingerprint density at radius 1 is 1.08 bits per heavy atom. The lowest BCUT2D eigenvalue weighted by atomic mass is 10.1. The summed E-state index contributed by atoms with van der Waals surface area (Å²) >= 11 is 0. The monoisotopic (exact) mass is 375 g/mol. The Bertz CT molecular complexity index is 895. The summed E-state index contributed by atoms with van der Waals surface area (Å²) < 4.78 is 36.0. The van der Waals surface area contributed by atoms with Crippen molar-refractivity contribution in [3.05, 3.63) is 54.1 Å². The van der Waals surface area contributed by atoms with Crippen LogP contribution in [0.15, 0.2) is 53.4 Å². The van der Waals surface area contributed by atoms with Gasteiger partial charge in [-0.3, -0.25) is 4.79 Å². The zero-order chi connectivity index (χ0) is 18.7. The van der Waals surface area contributed by atoms with E-state index >= 15 is 0 Å². The highest BCUT2D eigenvalue weighted by atomic mass is 32.2. The highest BCUT2D eigenvalue weighted by Gasteiger charge is 2.36. The van der Waals surface area contributed by atoms with Gasteiger partial charge in [0.05, 0.1) is 29.9 Å². The summed E-state index contributed by atoms with van der Waals surface area (Å²) in [6.07, 6.45) is 0.418. The van der Waals surface area contributed by atoms with E-state index in [4.69, 9.17) is 9.47 Å². The molecule has 0 saturated carbocycles. The molecule has 1 atom stereocenters. The molecule has 1 aliphatic rings. The van der Waals surface area contributed by atoms with Crippen LogP contribution >= 0.6 is 0 Å². The maximum absolute atomic E-state index is 12.8. The molecule has 1 amide bonds. The molecule has 2 aromatic rings. The molecule has 0 bridgehead atoms. The number of nitrogens with zero attached hydrogens (tertiary/aromatic N) is 1. The second-order valence-electron chi connectivity index (χ2n) is 6.09. The van der Waals surface area contributed by atoms with Gasteiger partial charge in [0.25, 0.3) is 5.91 Å². The van der Waals surface area contributed by atoms with E-state index in [1.165, 1.54) is 14.2 Å². The Kier molecular flexibility index (Phi) is 5.18. The van der Waals surface area contributed by atoms with Gasteiger partial charge in [-0.1, -0.05) is 18.2 Å². The lowest BCUT2D eigenvalue weighted by molar-refractivity contribution is 0.0789. The average Bonchev–Trinajstić information content (AvgIpc) is 3.18. The molecule has 2 aromatic carbocycles. The maximum atomic E-state index is 12.8. The number of hydrogen-bond acceptors (Lipinski definition) is 5. The van der Waals surface area contributed by atoms with Crippen LogP contribution in [-0.4, -0.2) is 51.8 Å². The molecule has 1 saturated heterocycles. The van der Waals surface area contributed by atoms with Crippen molar-refractivity contribution in [1.82, 2.24) is 4.90 Å². The fourth-order valence-electron chi connectivity index (χ4n) is 3.11. The average molecular weight is 375 g/mol. The van der Waals surface area contributed by atoms with Crippen LogP contribution < -0.4 is 9.47 Å². The van der Waals surface area contributed by atoms with E-state index in [1.54, 1.807) is 53.4 Å². The van der Waals surface area contributed by atoms with E-state index in [9.17, 15) is 13.2 Å². The van der Waals surface area contributed by atoms with Crippen molar-refractivity contribution < 1.29 is 22.7 Å². The molecule has 0 radical (unpaired) electrons. The summed E-state index contributed by atoms with van der Waals surface area (Å²) in [5.74, 6) is 0.753. The fourth-order valence-corrected chi connectivity index (χ4v) is 4.83. The minimum absolute atomic E-state index is 0.172. The zero-order valence-electron chi connectivity index (χ0n) is 14.7. The summed E-state index contributed by atoms with van der Waals surface area (Å²) in [5, 5.41) is -0.599. The number of hydrogen-bond donors (Lipinski definition) is 0. The molecule has 6 nitrogen and oxygen atoms in total. The first-order valence-electron chi connectivity index (χ1n) is 8.27. The highest BCUT2D eigenvalue weighted by molar-refractivity contribution is 7.92. The number of sulfone groups is 1. The van der Waals surface area contributed by atoms with Crippen molar-refractivity contribution in [3.63, 3.8) is 0 Å². The van der Waals surface area contributed by atoms with E-state index in [0.717, 1.165) is 0 Å². The van der Waals surface area contributed by atoms with Gasteiger partial charge in [-0.25, -0.2) is 8.42 Å². The third kappa shape index (κ3) is 3.39. The normalized spacial score (nSPS) is 17.2. The number of likely N-dealkylation sites (tertiary alicyclic amines) is 1. The molecule has 1 heterocycles. The Balaban J connectivity index is 1.80. The molecule has 3 rings (SSSR count). The van der Waals surface area contributed by atoms with E-state index < -0.39 is 15.1 Å². The predicted molar refractivity (Wildman–Crippen MR) is 97.5 cm³/mol. The van der Waals surface area contributed by atoms with Crippen LogP contribution in [0.5, 0.6) is 11.5 Å². The molecule has 26 heavy (non-hydrogen) atoms. The first kappa shape index (κ1) is 18.3. The van der Waals surface area contributed by atoms with Crippen molar-refractivity contribution in [1.29, 1.82) is 0 Å². The zero-order valence-corrected chi connectivity index (χ0v) is 15.5. The predicted octanol–water partition coefficient (Wildman–Crippen LogP) is 2.39. The lowest BCUT2D eigenvalue weighted by Gasteiger charge is -2.18. The van der Waals surface area contributed by atoms with Crippen molar-refractivity contribution in [2.24, 2.45) is 0 Å². The van der Waals surface area contributed by atoms with E-state index in [0.29, 0.717) is 34.9 Å². The molecule has 0 aliphatic carbocycles. The molecule has 138 valence electrons. The highest BCUT2D eigenvalue weighted by Crippen LogP contribution is 2.29. The van der Waals surface area contributed by atoms with Crippen LogP contribution in [0.2, 0.25) is 0 Å². The maximum Gasteiger partial charge on any atom is 0.257 e. The standard InChI is InChI=1S/C19H21NO5S/c1-24-14-8-9-17(18(12-14)25-2)19(21)20-11-10-16(13-20)26(22,23)15-6-4-3-5-7-15/h3-9,12,16H,10-11,13H2,1-2H3. The second-order valence-corrected chi connectivity index (χ2v) is 8.31. The molecule has 1 fully saturated rings. The van der Waals surface area contributed by atoms with Gasteiger partial charge in [0.15, 0.2) is 9.84 Å². The van der Waals surface area contributed by atoms with E-state index in [1.807, 2.05) is 0 Å². The molecule has 0 spiro atoms. The summed E-state index contributed by atoms with van der Waals surface area (Å²) in [6.45, 7) is 0.565. The lowest BCUT2D eigenvalue weighted by Crippen LogP contribution is -2.32. The number of rotatable bonds is 5. The Morgan fingerprint density at radius 2 is 1.81 bits per heavy atom. The molecule has 1 unspecified atom stereocenters. The summed E-state index contributed by atoms with van der Waals surface area (Å²) in [6, 6.07) is 13.3. The van der Waals surface area contributed by atoms with Crippen LogP contribution in [0.25, 0.3) is 0 Å². The topological polar surface area (TPSA) is 72.9 Å². The van der Waals surface area contributed by atoms with E-state index in [2.05, 4.69) is 0 Å². The number of carbonyl (C=O) groups excluding carboxylic acids is 1. The first-order chi connectivity index (χ1) is 12.5. The van der Waals surface area contributed by atoms with Crippen LogP contribution in [-0.2, 0) is 9.84 Å². The van der Waals surface area contributed by atoms with E-state index in [-0.39, 0.29) is 12.5 Å². The van der Waals surface area contributed by atoms with Gasteiger partial charge < -0.3 is 14.4 Å². The number of carbonyl (C=O) groups is 1. The van der Waals surface area contributed by atoms with Crippen molar-refractivity contribution >= 4 is 15.7 Å². The van der Waals surface area contributed by atoms with Crippen molar-refractivity contribution in [2.45, 2.75) is 16.6 Å². The molecule has 7 heteroatoms. The fraction of sp³-hybridized carbons (Fsp3) is 0.316. The smallest absolute Gasteiger partial charge is 0.257 e. The van der Waals surface area contributed by atoms with Gasteiger partial charge in [0, 0.05) is 19.2 Å². The van der Waals surface area contributed by atoms with Crippen LogP contribution in [0.3, 0.4) is 0 Å². The van der Waals surface area contributed by atoms with Crippen molar-refractivity contribution in [2.75, 3.05) is 27.3 Å². The molecular formula is C19H21NO5S. The Hall–Kier alpha value is -2.54. The minimum Gasteiger partial charge on any atom is -0.497 e. The Morgan fingerprint density at radius 3 is 2.46 bits per heavy atom.